The van der Waals surface area contributed by atoms with Crippen molar-refractivity contribution >= 4 is 28.8 Å². The fraction of sp³-hybridized carbons (Fsp3) is 0.353. The molecule has 0 bridgehead atoms. The lowest BCUT2D eigenvalue weighted by Crippen LogP contribution is -2.27. The third kappa shape index (κ3) is 4.77. The average molecular weight is 318 g/mol. The second-order valence-electron chi connectivity index (χ2n) is 6.05. The molecule has 1 amide bonds. The molecule has 0 aliphatic rings. The number of hydrogen-bond donors (Lipinski definition) is 2. The van der Waals surface area contributed by atoms with E-state index in [0.717, 1.165) is 5.69 Å². The summed E-state index contributed by atoms with van der Waals surface area (Å²) in [5.74, 6) is 0. The van der Waals surface area contributed by atoms with Crippen LogP contribution < -0.4 is 10.6 Å². The first-order chi connectivity index (χ1) is 10.3. The van der Waals surface area contributed by atoms with Crippen LogP contribution in [0, 0.1) is 0 Å². The van der Waals surface area contributed by atoms with Crippen molar-refractivity contribution in [2.24, 2.45) is 0 Å². The lowest BCUT2D eigenvalue weighted by atomic mass is 10.2. The lowest BCUT2D eigenvalue weighted by Gasteiger charge is -2.21. The molecule has 2 N–H and O–H groups in total. The van der Waals surface area contributed by atoms with E-state index in [0.29, 0.717) is 5.69 Å². The number of anilines is 2. The maximum atomic E-state index is 11.9. The van der Waals surface area contributed by atoms with Crippen molar-refractivity contribution in [2.75, 3.05) is 10.6 Å². The first kappa shape index (κ1) is 16.4. The van der Waals surface area contributed by atoms with Crippen LogP contribution in [0.1, 0.15) is 38.6 Å². The highest BCUT2D eigenvalue weighted by Gasteiger charge is 2.17. The van der Waals surface area contributed by atoms with E-state index in [4.69, 9.17) is 4.74 Å². The SMILES string of the molecule is CC(Nc1ccccc1NC(=O)OC(C)(C)C)c1cccs1. The monoisotopic (exact) mass is 318 g/mol. The summed E-state index contributed by atoms with van der Waals surface area (Å²) in [6, 6.07) is 11.9. The molecule has 0 aliphatic heterocycles. The molecular weight excluding hydrogens is 296 g/mol. The largest absolute Gasteiger partial charge is 0.444 e. The molecule has 2 rings (SSSR count). The predicted molar refractivity (Wildman–Crippen MR) is 92.7 cm³/mol. The Balaban J connectivity index is 2.08. The number of hydrogen-bond acceptors (Lipinski definition) is 4. The molecule has 1 atom stereocenters. The van der Waals surface area contributed by atoms with Crippen LogP contribution in [-0.4, -0.2) is 11.7 Å². The Morgan fingerprint density at radius 1 is 1.14 bits per heavy atom. The first-order valence-electron chi connectivity index (χ1n) is 7.24. The molecule has 1 aromatic carbocycles. The van der Waals surface area contributed by atoms with Gasteiger partial charge in [0.2, 0.25) is 0 Å². The van der Waals surface area contributed by atoms with Gasteiger partial charge in [-0.1, -0.05) is 18.2 Å². The molecule has 118 valence electrons. The highest BCUT2D eigenvalue weighted by Crippen LogP contribution is 2.28. The van der Waals surface area contributed by atoms with Crippen LogP contribution in [0.25, 0.3) is 0 Å². The molecular formula is C17H22N2O2S. The second kappa shape index (κ2) is 6.83. The van der Waals surface area contributed by atoms with Crippen molar-refractivity contribution in [1.29, 1.82) is 0 Å². The topological polar surface area (TPSA) is 50.4 Å². The van der Waals surface area contributed by atoms with E-state index in [9.17, 15) is 4.79 Å². The molecule has 0 radical (unpaired) electrons. The number of ether oxygens (including phenoxy) is 1. The number of carbonyl (C=O) groups excluding carboxylic acids is 1. The van der Waals surface area contributed by atoms with Gasteiger partial charge in [0.25, 0.3) is 0 Å². The minimum atomic E-state index is -0.517. The molecule has 0 spiro atoms. The van der Waals surface area contributed by atoms with Gasteiger partial charge in [0, 0.05) is 4.88 Å². The standard InChI is InChI=1S/C17H22N2O2S/c1-12(15-10-7-11-22-15)18-13-8-5-6-9-14(13)19-16(20)21-17(2,3)4/h5-12,18H,1-4H3,(H,19,20). The summed E-state index contributed by atoms with van der Waals surface area (Å²) in [5.41, 5.74) is 1.06. The Kier molecular flexibility index (Phi) is 5.08. The molecule has 0 aliphatic carbocycles. The normalized spacial score (nSPS) is 12.5. The summed E-state index contributed by atoms with van der Waals surface area (Å²) in [7, 11) is 0. The van der Waals surface area contributed by atoms with Crippen LogP contribution in [0.5, 0.6) is 0 Å². The summed E-state index contributed by atoms with van der Waals surface area (Å²) in [4.78, 5) is 13.2. The van der Waals surface area contributed by atoms with Gasteiger partial charge in [-0.15, -0.1) is 11.3 Å². The minimum absolute atomic E-state index is 0.168. The van der Waals surface area contributed by atoms with E-state index >= 15 is 0 Å². The van der Waals surface area contributed by atoms with Crippen molar-refractivity contribution in [3.63, 3.8) is 0 Å². The summed E-state index contributed by atoms with van der Waals surface area (Å²) >= 11 is 1.70. The molecule has 0 fully saturated rings. The van der Waals surface area contributed by atoms with Crippen LogP contribution >= 0.6 is 11.3 Å². The maximum absolute atomic E-state index is 11.9. The third-order valence-electron chi connectivity index (χ3n) is 2.90. The lowest BCUT2D eigenvalue weighted by molar-refractivity contribution is 0.0636. The van der Waals surface area contributed by atoms with Crippen molar-refractivity contribution in [1.82, 2.24) is 0 Å². The molecule has 1 heterocycles. The van der Waals surface area contributed by atoms with Gasteiger partial charge in [0.15, 0.2) is 0 Å². The molecule has 1 aromatic heterocycles. The zero-order chi connectivity index (χ0) is 16.2. The van der Waals surface area contributed by atoms with Crippen LogP contribution in [0.15, 0.2) is 41.8 Å². The summed E-state index contributed by atoms with van der Waals surface area (Å²) < 4.78 is 5.30. The second-order valence-corrected chi connectivity index (χ2v) is 7.03. The number of nitrogens with one attached hydrogen (secondary N) is 2. The Morgan fingerprint density at radius 2 is 1.82 bits per heavy atom. The van der Waals surface area contributed by atoms with E-state index in [2.05, 4.69) is 29.0 Å². The highest BCUT2D eigenvalue weighted by molar-refractivity contribution is 7.10. The van der Waals surface area contributed by atoms with Gasteiger partial charge in [-0.3, -0.25) is 5.32 Å². The number of benzene rings is 1. The van der Waals surface area contributed by atoms with Crippen molar-refractivity contribution in [3.8, 4) is 0 Å². The third-order valence-corrected chi connectivity index (χ3v) is 3.96. The highest BCUT2D eigenvalue weighted by atomic mass is 32.1. The fourth-order valence-corrected chi connectivity index (χ4v) is 2.71. The van der Waals surface area contributed by atoms with Gasteiger partial charge in [-0.2, -0.15) is 0 Å². The molecule has 0 saturated carbocycles. The number of amides is 1. The number of thiophene rings is 1. The van der Waals surface area contributed by atoms with E-state index < -0.39 is 11.7 Å². The molecule has 1 unspecified atom stereocenters. The van der Waals surface area contributed by atoms with Gasteiger partial charge in [0.1, 0.15) is 5.60 Å². The summed E-state index contributed by atoms with van der Waals surface area (Å²) in [5, 5.41) is 8.27. The van der Waals surface area contributed by atoms with Crippen molar-refractivity contribution in [3.05, 3.63) is 46.7 Å². The van der Waals surface area contributed by atoms with E-state index in [1.165, 1.54) is 4.88 Å². The van der Waals surface area contributed by atoms with Gasteiger partial charge < -0.3 is 10.1 Å². The number of carbonyl (C=O) groups is 1. The Hall–Kier alpha value is -2.01. The smallest absolute Gasteiger partial charge is 0.412 e. The Bertz CT molecular complexity index is 618. The van der Waals surface area contributed by atoms with E-state index in [1.54, 1.807) is 11.3 Å². The Morgan fingerprint density at radius 3 is 2.41 bits per heavy atom. The van der Waals surface area contributed by atoms with Crippen LogP contribution in [-0.2, 0) is 4.74 Å². The van der Waals surface area contributed by atoms with Gasteiger partial charge >= 0.3 is 6.09 Å². The minimum Gasteiger partial charge on any atom is -0.444 e. The van der Waals surface area contributed by atoms with Crippen LogP contribution in [0.4, 0.5) is 16.2 Å². The average Bonchev–Trinajstić information content (AvgIpc) is 2.92. The zero-order valence-corrected chi connectivity index (χ0v) is 14.2. The number of para-hydroxylation sites is 2. The summed E-state index contributed by atoms with van der Waals surface area (Å²) in [6.45, 7) is 7.62. The van der Waals surface area contributed by atoms with Gasteiger partial charge in [0.05, 0.1) is 17.4 Å². The fourth-order valence-electron chi connectivity index (χ4n) is 1.97. The molecule has 22 heavy (non-hydrogen) atoms. The quantitative estimate of drug-likeness (QED) is 0.807. The maximum Gasteiger partial charge on any atom is 0.412 e. The van der Waals surface area contributed by atoms with Crippen LogP contribution in [0.2, 0.25) is 0 Å². The van der Waals surface area contributed by atoms with Crippen molar-refractivity contribution < 1.29 is 9.53 Å². The first-order valence-corrected chi connectivity index (χ1v) is 8.12. The predicted octanol–water partition coefficient (Wildman–Crippen LogP) is 5.27. The number of rotatable bonds is 4. The summed E-state index contributed by atoms with van der Waals surface area (Å²) in [6.07, 6.45) is -0.453. The van der Waals surface area contributed by atoms with E-state index in [-0.39, 0.29) is 6.04 Å². The van der Waals surface area contributed by atoms with Gasteiger partial charge in [-0.05, 0) is 51.3 Å². The Labute approximate surface area is 135 Å². The molecule has 4 nitrogen and oxygen atoms in total. The molecule has 2 aromatic rings. The van der Waals surface area contributed by atoms with Crippen LogP contribution in [0.3, 0.4) is 0 Å². The van der Waals surface area contributed by atoms with E-state index in [1.807, 2.05) is 51.1 Å². The van der Waals surface area contributed by atoms with Gasteiger partial charge in [-0.25, -0.2) is 4.79 Å². The zero-order valence-electron chi connectivity index (χ0n) is 13.3. The van der Waals surface area contributed by atoms with Crippen molar-refractivity contribution in [2.45, 2.75) is 39.3 Å². The molecule has 0 saturated heterocycles. The molecule has 5 heteroatoms.